The molecule has 3 saturated carbocycles. The Morgan fingerprint density at radius 3 is 2.49 bits per heavy atom. The second kappa shape index (κ2) is 12.8. The Bertz CT molecular complexity index is 744. The predicted octanol–water partition coefficient (Wildman–Crippen LogP) is 6.67. The molecule has 0 spiro atoms. The highest BCUT2D eigenvalue weighted by atomic mass is 16.5. The van der Waals surface area contributed by atoms with Crippen LogP contribution in [0.25, 0.3) is 0 Å². The van der Waals surface area contributed by atoms with Gasteiger partial charge in [0.05, 0.1) is 19.3 Å². The zero-order chi connectivity index (χ0) is 26.6. The van der Waals surface area contributed by atoms with Gasteiger partial charge < -0.3 is 15.6 Å². The lowest BCUT2D eigenvalue weighted by molar-refractivity contribution is -0.0573. The zero-order valence-electron chi connectivity index (χ0n) is 25.0. The van der Waals surface area contributed by atoms with Crippen LogP contribution in [-0.2, 0) is 4.74 Å². The van der Waals surface area contributed by atoms with Crippen molar-refractivity contribution in [3.05, 3.63) is 11.6 Å². The van der Waals surface area contributed by atoms with Crippen molar-refractivity contribution in [1.82, 2.24) is 4.90 Å². The molecule has 4 nitrogen and oxygen atoms in total. The van der Waals surface area contributed by atoms with E-state index in [2.05, 4.69) is 45.6 Å². The van der Waals surface area contributed by atoms with Crippen LogP contribution < -0.4 is 5.73 Å². The van der Waals surface area contributed by atoms with E-state index in [0.29, 0.717) is 10.8 Å². The molecule has 1 unspecified atom stereocenters. The first-order chi connectivity index (χ1) is 17.7. The number of aliphatic hydroxyl groups is 1. The van der Waals surface area contributed by atoms with Gasteiger partial charge in [-0.2, -0.15) is 0 Å². The van der Waals surface area contributed by atoms with Crippen LogP contribution >= 0.6 is 0 Å². The smallest absolute Gasteiger partial charge is 0.0594 e. The molecule has 1 aliphatic heterocycles. The molecule has 0 amide bonds. The molecule has 0 radical (unpaired) electrons. The Hall–Kier alpha value is -0.420. The summed E-state index contributed by atoms with van der Waals surface area (Å²) < 4.78 is 5.16. The Morgan fingerprint density at radius 2 is 1.78 bits per heavy atom. The van der Waals surface area contributed by atoms with Crippen LogP contribution in [0.15, 0.2) is 11.6 Å². The van der Waals surface area contributed by atoms with Gasteiger partial charge in [0.1, 0.15) is 0 Å². The van der Waals surface area contributed by atoms with E-state index in [-0.39, 0.29) is 6.10 Å². The maximum atomic E-state index is 10.2. The average Bonchev–Trinajstić information content (AvgIpc) is 3.23. The molecule has 0 bridgehead atoms. The van der Waals surface area contributed by atoms with Crippen molar-refractivity contribution in [3.63, 3.8) is 0 Å². The van der Waals surface area contributed by atoms with Crippen LogP contribution in [0, 0.1) is 46.3 Å². The van der Waals surface area contributed by atoms with Crippen molar-refractivity contribution in [3.8, 4) is 0 Å². The first-order valence-electron chi connectivity index (χ1n) is 16.1. The maximum Gasteiger partial charge on any atom is 0.0594 e. The van der Waals surface area contributed by atoms with E-state index in [1.165, 1.54) is 57.8 Å². The highest BCUT2D eigenvalue weighted by Crippen LogP contribution is 2.67. The van der Waals surface area contributed by atoms with E-state index in [0.717, 1.165) is 87.7 Å². The van der Waals surface area contributed by atoms with Crippen LogP contribution in [0.4, 0.5) is 0 Å². The molecule has 5 rings (SSSR count). The Balaban J connectivity index is 0.000000301. The van der Waals surface area contributed by atoms with E-state index >= 15 is 0 Å². The number of nitrogens with two attached hydrogens (primary N) is 1. The van der Waals surface area contributed by atoms with Gasteiger partial charge in [0.25, 0.3) is 0 Å². The molecule has 0 aromatic heterocycles. The fraction of sp³-hybridized carbons (Fsp3) is 0.939. The summed E-state index contributed by atoms with van der Waals surface area (Å²) in [6.45, 7) is 18.2. The average molecular weight is 517 g/mol. The summed E-state index contributed by atoms with van der Waals surface area (Å²) >= 11 is 0. The number of hydrogen-bond acceptors (Lipinski definition) is 4. The van der Waals surface area contributed by atoms with Gasteiger partial charge >= 0.3 is 0 Å². The summed E-state index contributed by atoms with van der Waals surface area (Å²) in [5.41, 5.74) is 7.98. The normalized spacial score (nSPS) is 40.6. The van der Waals surface area contributed by atoms with Crippen LogP contribution in [0.1, 0.15) is 105 Å². The first-order valence-corrected chi connectivity index (χ1v) is 16.1. The summed E-state index contributed by atoms with van der Waals surface area (Å²) in [6, 6.07) is 0. The molecule has 3 N–H and O–H groups in total. The standard InChI is InChI=1S/C27H46O.C6H14N2O/c1-18(2)7-6-8-19(3)23-11-12-24-22-10-9-20-17-21(28)13-15-26(20,4)25(22)14-16-27(23,24)5;7-1-2-8-3-5-9-6-4-8/h9,18-19,21-25,28H,6-8,10-17H2,1-5H3;1-7H2/t19?,21-,22-,23+,24-,25-,26-,27+;/m0./s1. The summed E-state index contributed by atoms with van der Waals surface area (Å²) in [5.74, 6) is 5.46. The molecule has 1 saturated heterocycles. The van der Waals surface area contributed by atoms with Gasteiger partial charge in [-0.05, 0) is 97.7 Å². The van der Waals surface area contributed by atoms with E-state index in [9.17, 15) is 5.11 Å². The maximum absolute atomic E-state index is 10.2. The van der Waals surface area contributed by atoms with Gasteiger partial charge in [0, 0.05) is 26.2 Å². The molecule has 0 aromatic rings. The monoisotopic (exact) mass is 516 g/mol. The van der Waals surface area contributed by atoms with E-state index < -0.39 is 0 Å². The highest BCUT2D eigenvalue weighted by Gasteiger charge is 2.59. The molecule has 4 heteroatoms. The summed E-state index contributed by atoms with van der Waals surface area (Å²) in [4.78, 5) is 2.32. The Morgan fingerprint density at radius 1 is 1.03 bits per heavy atom. The minimum atomic E-state index is -0.0766. The molecule has 5 aliphatic rings. The Kier molecular flexibility index (Phi) is 10.3. The first kappa shape index (κ1) is 29.6. The van der Waals surface area contributed by atoms with E-state index in [4.69, 9.17) is 10.5 Å². The second-order valence-corrected chi connectivity index (χ2v) is 14.4. The summed E-state index contributed by atoms with van der Waals surface area (Å²) in [6.07, 6.45) is 17.2. The number of rotatable bonds is 7. The number of nitrogens with zero attached hydrogens (tertiary/aromatic N) is 1. The molecule has 4 aliphatic carbocycles. The number of ether oxygens (including phenoxy) is 1. The van der Waals surface area contributed by atoms with Crippen LogP contribution in [0.5, 0.6) is 0 Å². The van der Waals surface area contributed by atoms with Crippen molar-refractivity contribution in [2.24, 2.45) is 52.1 Å². The van der Waals surface area contributed by atoms with Crippen LogP contribution in [-0.4, -0.2) is 55.5 Å². The topological polar surface area (TPSA) is 58.7 Å². The molecular formula is C33H60N2O2. The quantitative estimate of drug-likeness (QED) is 0.371. The van der Waals surface area contributed by atoms with Gasteiger partial charge in [-0.1, -0.05) is 65.5 Å². The van der Waals surface area contributed by atoms with Crippen molar-refractivity contribution >= 4 is 0 Å². The molecule has 214 valence electrons. The number of aliphatic hydroxyl groups excluding tert-OH is 1. The van der Waals surface area contributed by atoms with Crippen LogP contribution in [0.2, 0.25) is 0 Å². The van der Waals surface area contributed by atoms with Gasteiger partial charge in [-0.3, -0.25) is 4.90 Å². The number of hydrogen-bond donors (Lipinski definition) is 2. The van der Waals surface area contributed by atoms with E-state index in [1.807, 2.05) is 0 Å². The van der Waals surface area contributed by atoms with Gasteiger partial charge in [0.2, 0.25) is 0 Å². The molecule has 8 atom stereocenters. The second-order valence-electron chi connectivity index (χ2n) is 14.4. The van der Waals surface area contributed by atoms with Gasteiger partial charge in [0.15, 0.2) is 0 Å². The number of morpholine rings is 1. The van der Waals surface area contributed by atoms with Crippen molar-refractivity contribution in [2.75, 3.05) is 39.4 Å². The van der Waals surface area contributed by atoms with Crippen molar-refractivity contribution in [1.29, 1.82) is 0 Å². The lowest BCUT2D eigenvalue weighted by atomic mass is 9.47. The fourth-order valence-corrected chi connectivity index (χ4v) is 9.67. The van der Waals surface area contributed by atoms with Crippen LogP contribution in [0.3, 0.4) is 0 Å². The van der Waals surface area contributed by atoms with Crippen molar-refractivity contribution < 1.29 is 9.84 Å². The zero-order valence-corrected chi connectivity index (χ0v) is 25.0. The van der Waals surface area contributed by atoms with Gasteiger partial charge in [-0.25, -0.2) is 0 Å². The summed E-state index contributed by atoms with van der Waals surface area (Å²) in [7, 11) is 0. The minimum Gasteiger partial charge on any atom is -0.393 e. The SMILES string of the molecule is CC(C)CCCC(C)[C@H]1CC[C@H]2[C@@H]3CC=C4C[C@@H](O)CC[C@]4(C)[C@H]3CC[C@]12C.NCCN1CCOCC1. The van der Waals surface area contributed by atoms with Gasteiger partial charge in [-0.15, -0.1) is 0 Å². The summed E-state index contributed by atoms with van der Waals surface area (Å²) in [5, 5.41) is 10.2. The molecule has 37 heavy (non-hydrogen) atoms. The lowest BCUT2D eigenvalue weighted by Gasteiger charge is -2.58. The lowest BCUT2D eigenvalue weighted by Crippen LogP contribution is -2.50. The minimum absolute atomic E-state index is 0.0766. The predicted molar refractivity (Wildman–Crippen MR) is 155 cm³/mol. The van der Waals surface area contributed by atoms with E-state index in [1.54, 1.807) is 5.57 Å². The largest absolute Gasteiger partial charge is 0.393 e. The van der Waals surface area contributed by atoms with Crippen molar-refractivity contribution in [2.45, 2.75) is 111 Å². The molecule has 0 aromatic carbocycles. The highest BCUT2D eigenvalue weighted by molar-refractivity contribution is 5.25. The number of allylic oxidation sites excluding steroid dienone is 1. The fourth-order valence-electron chi connectivity index (χ4n) is 9.67. The third-order valence-electron chi connectivity index (χ3n) is 11.8. The molecular weight excluding hydrogens is 456 g/mol. The Labute approximate surface area is 229 Å². The third kappa shape index (κ3) is 6.50. The molecule has 4 fully saturated rings. The molecule has 1 heterocycles. The third-order valence-corrected chi connectivity index (χ3v) is 11.8. The number of fused-ring (bicyclic) bond motifs is 5.